The average molecular weight is 607 g/mol. The second-order valence-corrected chi connectivity index (χ2v) is 11.5. The fourth-order valence-electron chi connectivity index (χ4n) is 3.88. The van der Waals surface area contributed by atoms with Crippen molar-refractivity contribution in [1.29, 1.82) is 0 Å². The Morgan fingerprint density at radius 2 is 1.65 bits per heavy atom. The highest BCUT2D eigenvalue weighted by Crippen LogP contribution is 2.27. The molecule has 0 saturated heterocycles. The van der Waals surface area contributed by atoms with E-state index in [1.165, 1.54) is 17.0 Å². The minimum Gasteiger partial charge on any atom is -0.355 e. The van der Waals surface area contributed by atoms with Gasteiger partial charge in [-0.3, -0.25) is 13.9 Å². The second kappa shape index (κ2) is 13.1. The predicted octanol–water partition coefficient (Wildman–Crippen LogP) is 5.24. The lowest BCUT2D eigenvalue weighted by atomic mass is 10.1. The molecule has 196 valence electrons. The van der Waals surface area contributed by atoms with Crippen LogP contribution in [0.5, 0.6) is 0 Å². The molecule has 0 fully saturated rings. The highest BCUT2D eigenvalue weighted by atomic mass is 79.9. The molecule has 10 heteroatoms. The predicted molar refractivity (Wildman–Crippen MR) is 150 cm³/mol. The van der Waals surface area contributed by atoms with Crippen molar-refractivity contribution in [2.24, 2.45) is 0 Å². The number of amides is 2. The summed E-state index contributed by atoms with van der Waals surface area (Å²) in [6, 6.07) is 20.9. The molecule has 3 aromatic carbocycles. The molecule has 0 aliphatic rings. The van der Waals surface area contributed by atoms with E-state index in [1.54, 1.807) is 73.7 Å². The van der Waals surface area contributed by atoms with Crippen molar-refractivity contribution in [3.63, 3.8) is 0 Å². The summed E-state index contributed by atoms with van der Waals surface area (Å²) in [4.78, 5) is 28.3. The molecule has 0 bridgehead atoms. The van der Waals surface area contributed by atoms with Crippen LogP contribution in [0.2, 0.25) is 5.02 Å². The Balaban J connectivity index is 2.04. The first-order valence-corrected chi connectivity index (χ1v) is 14.4. The van der Waals surface area contributed by atoms with Crippen molar-refractivity contribution in [1.82, 2.24) is 10.2 Å². The standard InChI is InChI=1S/C27H29BrClN3O4S/c1-3-25(27(34)30-4-2)31(18-20-13-15-22(29)16-14-20)26(33)19-32(23-10-8-9-21(28)17-23)37(35,36)24-11-6-5-7-12-24/h5-17,25H,3-4,18-19H2,1-2H3,(H,30,34)/t25-/m1/s1. The van der Waals surface area contributed by atoms with Crippen LogP contribution in [-0.2, 0) is 26.2 Å². The van der Waals surface area contributed by atoms with Crippen LogP contribution in [0.3, 0.4) is 0 Å². The van der Waals surface area contributed by atoms with E-state index < -0.39 is 28.5 Å². The molecule has 0 aromatic heterocycles. The number of hydrogen-bond acceptors (Lipinski definition) is 4. The number of hydrogen-bond donors (Lipinski definition) is 1. The van der Waals surface area contributed by atoms with Gasteiger partial charge < -0.3 is 10.2 Å². The molecule has 3 aromatic rings. The Hall–Kier alpha value is -2.88. The third-order valence-electron chi connectivity index (χ3n) is 5.71. The molecule has 0 saturated carbocycles. The summed E-state index contributed by atoms with van der Waals surface area (Å²) >= 11 is 9.42. The zero-order chi connectivity index (χ0) is 27.0. The van der Waals surface area contributed by atoms with Gasteiger partial charge in [-0.05, 0) is 61.4 Å². The number of benzene rings is 3. The molecule has 0 unspecified atom stereocenters. The number of likely N-dealkylation sites (N-methyl/N-ethyl adjacent to an activating group) is 1. The summed E-state index contributed by atoms with van der Waals surface area (Å²) in [5.74, 6) is -0.806. The molecule has 3 rings (SSSR count). The van der Waals surface area contributed by atoms with Crippen LogP contribution in [0.1, 0.15) is 25.8 Å². The molecular formula is C27H29BrClN3O4S. The van der Waals surface area contributed by atoms with Crippen molar-refractivity contribution in [2.45, 2.75) is 37.8 Å². The zero-order valence-electron chi connectivity index (χ0n) is 20.6. The van der Waals surface area contributed by atoms with Gasteiger partial charge in [-0.1, -0.05) is 70.9 Å². The normalized spacial score (nSPS) is 12.0. The summed E-state index contributed by atoms with van der Waals surface area (Å²) in [6.07, 6.45) is 0.355. The van der Waals surface area contributed by atoms with Gasteiger partial charge in [-0.25, -0.2) is 8.42 Å². The van der Waals surface area contributed by atoms with Crippen LogP contribution in [0.4, 0.5) is 5.69 Å². The fourth-order valence-corrected chi connectivity index (χ4v) is 5.82. The number of nitrogens with zero attached hydrogens (tertiary/aromatic N) is 2. The first-order valence-electron chi connectivity index (χ1n) is 11.8. The lowest BCUT2D eigenvalue weighted by molar-refractivity contribution is -0.140. The molecule has 2 amide bonds. The molecule has 0 aliphatic heterocycles. The Kier molecular flexibility index (Phi) is 10.1. The minimum atomic E-state index is -4.09. The Labute approximate surface area is 231 Å². The smallest absolute Gasteiger partial charge is 0.264 e. The first kappa shape index (κ1) is 28.7. The zero-order valence-corrected chi connectivity index (χ0v) is 23.8. The van der Waals surface area contributed by atoms with E-state index in [1.807, 2.05) is 6.92 Å². The van der Waals surface area contributed by atoms with Gasteiger partial charge in [-0.2, -0.15) is 0 Å². The van der Waals surface area contributed by atoms with Crippen LogP contribution in [0, 0.1) is 0 Å². The second-order valence-electron chi connectivity index (χ2n) is 8.27. The highest BCUT2D eigenvalue weighted by Gasteiger charge is 2.33. The van der Waals surface area contributed by atoms with Gasteiger partial charge in [0.1, 0.15) is 12.6 Å². The maximum Gasteiger partial charge on any atom is 0.264 e. The largest absolute Gasteiger partial charge is 0.355 e. The van der Waals surface area contributed by atoms with Crippen molar-refractivity contribution in [3.05, 3.63) is 93.9 Å². The first-order chi connectivity index (χ1) is 17.7. The maximum atomic E-state index is 13.9. The van der Waals surface area contributed by atoms with Crippen molar-refractivity contribution < 1.29 is 18.0 Å². The summed E-state index contributed by atoms with van der Waals surface area (Å²) in [6.45, 7) is 3.65. The quantitative estimate of drug-likeness (QED) is 0.323. The SMILES string of the molecule is CCNC(=O)[C@@H](CC)N(Cc1ccc(Cl)cc1)C(=O)CN(c1cccc(Br)c1)S(=O)(=O)c1ccccc1. The fraction of sp³-hybridized carbons (Fsp3) is 0.259. The number of rotatable bonds is 11. The van der Waals surface area contributed by atoms with Gasteiger partial charge in [0.15, 0.2) is 0 Å². The van der Waals surface area contributed by atoms with Gasteiger partial charge >= 0.3 is 0 Å². The monoisotopic (exact) mass is 605 g/mol. The summed E-state index contributed by atoms with van der Waals surface area (Å²) in [7, 11) is -4.09. The average Bonchev–Trinajstić information content (AvgIpc) is 2.88. The van der Waals surface area contributed by atoms with Crippen LogP contribution >= 0.6 is 27.5 Å². The molecule has 0 heterocycles. The van der Waals surface area contributed by atoms with Gasteiger partial charge in [0.05, 0.1) is 10.6 Å². The number of nitrogens with one attached hydrogen (secondary N) is 1. The van der Waals surface area contributed by atoms with E-state index in [9.17, 15) is 18.0 Å². The van der Waals surface area contributed by atoms with Crippen LogP contribution < -0.4 is 9.62 Å². The molecule has 0 radical (unpaired) electrons. The van der Waals surface area contributed by atoms with E-state index in [2.05, 4.69) is 21.2 Å². The lowest BCUT2D eigenvalue weighted by Crippen LogP contribution is -2.52. The van der Waals surface area contributed by atoms with Crippen LogP contribution in [0.25, 0.3) is 0 Å². The third kappa shape index (κ3) is 7.34. The highest BCUT2D eigenvalue weighted by molar-refractivity contribution is 9.10. The summed E-state index contributed by atoms with van der Waals surface area (Å²) < 4.78 is 29.2. The molecular weight excluding hydrogens is 578 g/mol. The number of halogens is 2. The third-order valence-corrected chi connectivity index (χ3v) is 8.24. The van der Waals surface area contributed by atoms with Gasteiger partial charge in [0.2, 0.25) is 11.8 Å². The Morgan fingerprint density at radius 3 is 2.24 bits per heavy atom. The summed E-state index contributed by atoms with van der Waals surface area (Å²) in [5, 5.41) is 3.33. The van der Waals surface area contributed by atoms with Gasteiger partial charge in [-0.15, -0.1) is 0 Å². The van der Waals surface area contributed by atoms with Crippen LogP contribution in [0.15, 0.2) is 88.2 Å². The lowest BCUT2D eigenvalue weighted by Gasteiger charge is -2.33. The minimum absolute atomic E-state index is 0.0581. The maximum absolute atomic E-state index is 13.9. The van der Waals surface area contributed by atoms with Crippen LogP contribution in [-0.4, -0.2) is 44.3 Å². The van der Waals surface area contributed by atoms with E-state index in [0.717, 1.165) is 9.87 Å². The van der Waals surface area contributed by atoms with E-state index in [0.29, 0.717) is 28.1 Å². The Bertz CT molecular complexity index is 1320. The molecule has 0 spiro atoms. The topological polar surface area (TPSA) is 86.8 Å². The summed E-state index contributed by atoms with van der Waals surface area (Å²) in [5.41, 5.74) is 1.09. The molecule has 37 heavy (non-hydrogen) atoms. The van der Waals surface area contributed by atoms with Crippen molar-refractivity contribution >= 4 is 55.1 Å². The number of anilines is 1. The van der Waals surface area contributed by atoms with E-state index >= 15 is 0 Å². The van der Waals surface area contributed by atoms with Crippen molar-refractivity contribution in [2.75, 3.05) is 17.4 Å². The molecule has 1 atom stereocenters. The van der Waals surface area contributed by atoms with Crippen molar-refractivity contribution in [3.8, 4) is 0 Å². The van der Waals surface area contributed by atoms with E-state index in [4.69, 9.17) is 11.6 Å². The molecule has 1 N–H and O–H groups in total. The van der Waals surface area contributed by atoms with Gasteiger partial charge in [0, 0.05) is 22.6 Å². The number of carbonyl (C=O) groups excluding carboxylic acids is 2. The molecule has 7 nitrogen and oxygen atoms in total. The molecule has 0 aliphatic carbocycles. The number of carbonyl (C=O) groups is 2. The Morgan fingerprint density at radius 1 is 0.973 bits per heavy atom. The van der Waals surface area contributed by atoms with Gasteiger partial charge in [0.25, 0.3) is 10.0 Å². The number of sulfonamides is 1. The van der Waals surface area contributed by atoms with E-state index in [-0.39, 0.29) is 17.3 Å².